The summed E-state index contributed by atoms with van der Waals surface area (Å²) in [5.74, 6) is 7.64. The molecule has 6 N–H and O–H groups in total. The van der Waals surface area contributed by atoms with E-state index in [0.29, 0.717) is 18.3 Å². The predicted octanol–water partition coefficient (Wildman–Crippen LogP) is 5.57. The second-order valence-corrected chi connectivity index (χ2v) is 15.9. The maximum atomic E-state index is 13.2. The average molecular weight is 759 g/mol. The molecule has 0 radical (unpaired) electrons. The van der Waals surface area contributed by atoms with Gasteiger partial charge in [-0.3, -0.25) is 9.80 Å². The van der Waals surface area contributed by atoms with Gasteiger partial charge in [0.2, 0.25) is 0 Å². The summed E-state index contributed by atoms with van der Waals surface area (Å²) in [7, 11) is 0. The molecule has 2 unspecified atom stereocenters. The topological polar surface area (TPSA) is 203 Å². The highest BCUT2D eigenvalue weighted by Gasteiger charge is 2.62. The summed E-state index contributed by atoms with van der Waals surface area (Å²) in [5.41, 5.74) is 14.7. The summed E-state index contributed by atoms with van der Waals surface area (Å²) in [6, 6.07) is 15.6. The van der Waals surface area contributed by atoms with Crippen LogP contribution in [0.4, 0.5) is 9.59 Å². The number of likely N-dealkylation sites (tertiary alicyclic amines) is 2. The zero-order valence-corrected chi connectivity index (χ0v) is 31.8. The van der Waals surface area contributed by atoms with Gasteiger partial charge in [0.15, 0.2) is 0 Å². The van der Waals surface area contributed by atoms with Gasteiger partial charge in [0.05, 0.1) is 35.9 Å². The van der Waals surface area contributed by atoms with Gasteiger partial charge < -0.3 is 30.9 Å². The Morgan fingerprint density at radius 1 is 0.786 bits per heavy atom. The zero-order valence-electron chi connectivity index (χ0n) is 31.8. The number of piperidine rings is 2. The third-order valence-electron chi connectivity index (χ3n) is 12.3. The molecule has 2 aliphatic heterocycles. The Morgan fingerprint density at radius 3 is 1.80 bits per heavy atom. The molecule has 4 heterocycles. The monoisotopic (exact) mass is 758 g/mol. The fourth-order valence-electron chi connectivity index (χ4n) is 8.98. The Balaban J connectivity index is 0.921. The minimum atomic E-state index is -1.10. The number of imidazole rings is 2. The number of rotatable bonds is 10. The van der Waals surface area contributed by atoms with Crippen molar-refractivity contribution in [1.29, 1.82) is 0 Å². The molecule has 290 valence electrons. The second kappa shape index (κ2) is 14.4. The Kier molecular flexibility index (Phi) is 9.54. The summed E-state index contributed by atoms with van der Waals surface area (Å²) < 4.78 is 9.70. The lowest BCUT2D eigenvalue weighted by atomic mass is 9.85. The van der Waals surface area contributed by atoms with Crippen molar-refractivity contribution in [2.45, 2.75) is 95.5 Å². The van der Waals surface area contributed by atoms with Gasteiger partial charge in [-0.15, -0.1) is 0 Å². The first-order valence-corrected chi connectivity index (χ1v) is 19.3. The number of aromatic amines is 2. The summed E-state index contributed by atoms with van der Waals surface area (Å²) in [6.07, 6.45) is 5.70. The molecule has 56 heavy (non-hydrogen) atoms. The van der Waals surface area contributed by atoms with Gasteiger partial charge in [0.1, 0.15) is 23.2 Å². The van der Waals surface area contributed by atoms with Crippen molar-refractivity contribution < 1.29 is 28.7 Å². The number of hydrogen-bond donors (Lipinski definition) is 4. The molecule has 0 spiro atoms. The fourth-order valence-corrected chi connectivity index (χ4v) is 8.98. The van der Waals surface area contributed by atoms with Crippen LogP contribution in [0.25, 0.3) is 22.5 Å². The van der Waals surface area contributed by atoms with Gasteiger partial charge >= 0.3 is 24.1 Å². The van der Waals surface area contributed by atoms with Crippen molar-refractivity contribution in [2.75, 3.05) is 0 Å². The molecule has 14 heteroatoms. The number of carbonyl (C=O) groups excluding carboxylic acids is 4. The molecule has 8 atom stereocenters. The van der Waals surface area contributed by atoms with Crippen LogP contribution in [0, 0.1) is 29.6 Å². The smallest absolute Gasteiger partial charge is 0.375 e. The number of nitrogens with two attached hydrogens (primary N) is 2. The van der Waals surface area contributed by atoms with Crippen LogP contribution in [0.1, 0.15) is 94.7 Å². The number of esters is 2. The number of primary amides is 2. The van der Waals surface area contributed by atoms with E-state index in [2.05, 4.69) is 31.6 Å². The predicted molar refractivity (Wildman–Crippen MR) is 205 cm³/mol. The highest BCUT2D eigenvalue weighted by Crippen LogP contribution is 2.57. The molecule has 8 rings (SSSR count). The van der Waals surface area contributed by atoms with Crippen LogP contribution in [0.15, 0.2) is 60.9 Å². The lowest BCUT2D eigenvalue weighted by Gasteiger charge is -2.43. The zero-order chi connectivity index (χ0) is 39.5. The van der Waals surface area contributed by atoms with E-state index in [1.165, 1.54) is 0 Å². The van der Waals surface area contributed by atoms with Crippen LogP contribution in [0.2, 0.25) is 0 Å². The van der Waals surface area contributed by atoms with Crippen molar-refractivity contribution in [3.8, 4) is 34.4 Å². The molecule has 2 aromatic heterocycles. The largest absolute Gasteiger partial charge is 0.412 e. The molecular weight excluding hydrogens is 713 g/mol. The first-order chi connectivity index (χ1) is 26.8. The molecule has 4 aromatic rings. The maximum Gasteiger partial charge on any atom is 0.412 e. The Morgan fingerprint density at radius 2 is 1.29 bits per heavy atom. The number of nitrogens with zero attached hydrogens (tertiary/aromatic N) is 4. The molecule has 4 aliphatic rings. The normalized spacial score (nSPS) is 25.3. The van der Waals surface area contributed by atoms with Gasteiger partial charge in [-0.1, -0.05) is 56.9 Å². The van der Waals surface area contributed by atoms with E-state index in [0.717, 1.165) is 71.0 Å². The van der Waals surface area contributed by atoms with Crippen LogP contribution in [-0.4, -0.2) is 77.5 Å². The molecular formula is C42H46N8O6. The number of carbonyl (C=O) groups is 4. The first-order valence-electron chi connectivity index (χ1n) is 19.3. The fraction of sp³-hybridized carbons (Fsp3) is 0.429. The minimum absolute atomic E-state index is 0.0815. The van der Waals surface area contributed by atoms with Gasteiger partial charge in [0, 0.05) is 23.2 Å². The van der Waals surface area contributed by atoms with Crippen molar-refractivity contribution in [3.63, 3.8) is 0 Å². The van der Waals surface area contributed by atoms with Gasteiger partial charge in [-0.05, 0) is 92.2 Å². The average Bonchev–Trinajstić information content (AvgIpc) is 3.76. The van der Waals surface area contributed by atoms with Crippen molar-refractivity contribution in [3.05, 3.63) is 83.7 Å². The third-order valence-corrected chi connectivity index (χ3v) is 12.3. The van der Waals surface area contributed by atoms with Crippen LogP contribution in [0.3, 0.4) is 0 Å². The van der Waals surface area contributed by atoms with E-state index >= 15 is 0 Å². The van der Waals surface area contributed by atoms with Gasteiger partial charge in [0.25, 0.3) is 0 Å². The molecule has 2 saturated carbocycles. The summed E-state index contributed by atoms with van der Waals surface area (Å²) in [5, 5.41) is 0. The van der Waals surface area contributed by atoms with Crippen LogP contribution in [-0.2, 0) is 19.1 Å². The summed E-state index contributed by atoms with van der Waals surface area (Å²) >= 11 is 0. The van der Waals surface area contributed by atoms with E-state index in [-0.39, 0.29) is 30.1 Å². The number of ether oxygens (including phenoxy) is 2. The van der Waals surface area contributed by atoms with Gasteiger partial charge in [-0.2, -0.15) is 0 Å². The lowest BCUT2D eigenvalue weighted by molar-refractivity contribution is -0.156. The summed E-state index contributed by atoms with van der Waals surface area (Å²) in [6.45, 7) is 7.64. The molecule has 2 saturated heterocycles. The number of amides is 2. The third kappa shape index (κ3) is 6.86. The van der Waals surface area contributed by atoms with E-state index in [4.69, 9.17) is 30.9 Å². The van der Waals surface area contributed by atoms with E-state index in [1.807, 2.05) is 88.6 Å². The van der Waals surface area contributed by atoms with Crippen LogP contribution >= 0.6 is 0 Å². The van der Waals surface area contributed by atoms with Crippen molar-refractivity contribution in [1.82, 2.24) is 29.7 Å². The SMILES string of the molecule is CC[C@@H](C(=O)OC(N)=O)N1C2C[C@@H]2C[C@H]1c1ncc(-c2ccc(C#Cc3ccc(-c4cnc([C@@H]5C[C@H]6CC6N5[C@](C)(C(=O)OC(N)=O)C(C)C)[nH]4)cc3)cc2)[nH]1. The standard InChI is InChI=1S/C42H46N8O6/c1-5-31(38(51)55-40(43)53)49-32-16-27(32)18-34(49)36-45-20-29(47-36)25-12-8-23(9-13-25)6-7-24-10-14-26(15-11-24)30-21-46-37(48-30)35-19-28-17-33(28)50(35)42(4,22(2)3)39(52)56-41(44)54/h8-15,20-22,27-28,31-35H,5,16-19H2,1-4H3,(H2,43,53)(H2,44,54)(H,45,47)(H,46,48)/t27-,28-,31+,32?,33?,34+,35+,42+/m1/s1. The Hall–Kier alpha value is -5.78. The van der Waals surface area contributed by atoms with Crippen LogP contribution < -0.4 is 11.5 Å². The molecule has 2 amide bonds. The Bertz CT molecular complexity index is 2240. The number of benzene rings is 2. The van der Waals surface area contributed by atoms with Crippen molar-refractivity contribution >= 4 is 24.1 Å². The highest BCUT2D eigenvalue weighted by atomic mass is 16.6. The van der Waals surface area contributed by atoms with E-state index < -0.39 is 35.7 Å². The second-order valence-electron chi connectivity index (χ2n) is 15.9. The molecule has 14 nitrogen and oxygen atoms in total. The number of fused-ring (bicyclic) bond motifs is 2. The van der Waals surface area contributed by atoms with E-state index in [9.17, 15) is 19.2 Å². The number of hydrogen-bond acceptors (Lipinski definition) is 10. The molecule has 0 bridgehead atoms. The molecule has 2 aromatic carbocycles. The molecule has 2 aliphatic carbocycles. The van der Waals surface area contributed by atoms with Crippen LogP contribution in [0.5, 0.6) is 0 Å². The number of nitrogens with one attached hydrogen (secondary N) is 2. The highest BCUT2D eigenvalue weighted by molar-refractivity contribution is 5.90. The summed E-state index contributed by atoms with van der Waals surface area (Å²) in [4.78, 5) is 69.4. The quantitative estimate of drug-likeness (QED) is 0.0899. The Labute approximate surface area is 324 Å². The maximum absolute atomic E-state index is 13.2. The lowest BCUT2D eigenvalue weighted by Crippen LogP contribution is -2.58. The number of aromatic nitrogens is 4. The first kappa shape index (κ1) is 37.2. The van der Waals surface area contributed by atoms with Gasteiger partial charge in [-0.25, -0.2) is 29.1 Å². The number of H-pyrrole nitrogens is 2. The van der Waals surface area contributed by atoms with Crippen molar-refractivity contribution in [2.24, 2.45) is 29.2 Å². The minimum Gasteiger partial charge on any atom is -0.375 e. The van der Waals surface area contributed by atoms with E-state index in [1.54, 1.807) is 0 Å². The molecule has 4 fully saturated rings.